The van der Waals surface area contributed by atoms with Crippen molar-refractivity contribution in [3.63, 3.8) is 0 Å². The summed E-state index contributed by atoms with van der Waals surface area (Å²) in [4.78, 5) is 11.2. The van der Waals surface area contributed by atoms with Gasteiger partial charge >= 0.3 is 5.97 Å². The van der Waals surface area contributed by atoms with Gasteiger partial charge in [-0.25, -0.2) is 4.79 Å². The molecule has 0 aromatic carbocycles. The zero-order chi connectivity index (χ0) is 11.0. The number of hydrogen-bond donors (Lipinski definition) is 1. The predicted molar refractivity (Wildman–Crippen MR) is 56.0 cm³/mol. The van der Waals surface area contributed by atoms with Crippen molar-refractivity contribution in [2.75, 3.05) is 0 Å². The number of aromatic carboxylic acids is 1. The number of aryl methyl sites for hydroxylation is 2. The molecule has 0 saturated heterocycles. The zero-order valence-electron chi connectivity index (χ0n) is 9.16. The number of fused-ring (bicyclic) bond motifs is 1. The van der Waals surface area contributed by atoms with Crippen LogP contribution in [0.15, 0.2) is 0 Å². The average molecular weight is 208 g/mol. The molecule has 1 aliphatic rings. The van der Waals surface area contributed by atoms with E-state index in [1.54, 1.807) is 0 Å². The first kappa shape index (κ1) is 10.2. The van der Waals surface area contributed by atoms with Gasteiger partial charge < -0.3 is 5.11 Å². The molecule has 0 amide bonds. The number of carboxylic acid groups (broad SMARTS) is 1. The van der Waals surface area contributed by atoms with Gasteiger partial charge in [-0.15, -0.1) is 0 Å². The van der Waals surface area contributed by atoms with Crippen LogP contribution >= 0.6 is 0 Å². The minimum Gasteiger partial charge on any atom is -0.478 e. The van der Waals surface area contributed by atoms with Crippen LogP contribution in [-0.4, -0.2) is 20.9 Å². The summed E-state index contributed by atoms with van der Waals surface area (Å²) in [5, 5.41) is 13.5. The van der Waals surface area contributed by atoms with Crippen LogP contribution in [0, 0.1) is 5.92 Å². The van der Waals surface area contributed by atoms with E-state index in [1.807, 2.05) is 11.6 Å². The van der Waals surface area contributed by atoms with Gasteiger partial charge in [-0.3, -0.25) is 4.68 Å². The van der Waals surface area contributed by atoms with Crippen molar-refractivity contribution in [1.29, 1.82) is 0 Å². The molecule has 0 unspecified atom stereocenters. The molecule has 1 atom stereocenters. The molecule has 1 aromatic rings. The molecule has 2 heterocycles. The molecule has 4 nitrogen and oxygen atoms in total. The van der Waals surface area contributed by atoms with Crippen molar-refractivity contribution < 1.29 is 9.90 Å². The Morgan fingerprint density at radius 1 is 1.67 bits per heavy atom. The van der Waals surface area contributed by atoms with Crippen molar-refractivity contribution in [3.05, 3.63) is 17.0 Å². The van der Waals surface area contributed by atoms with E-state index in [1.165, 1.54) is 0 Å². The molecule has 1 aliphatic heterocycles. The molecule has 82 valence electrons. The van der Waals surface area contributed by atoms with E-state index in [2.05, 4.69) is 12.0 Å². The number of carboxylic acids is 1. The maximum absolute atomic E-state index is 11.2. The summed E-state index contributed by atoms with van der Waals surface area (Å²) >= 11 is 0. The van der Waals surface area contributed by atoms with Crippen molar-refractivity contribution in [2.45, 2.75) is 39.7 Å². The van der Waals surface area contributed by atoms with Gasteiger partial charge in [0, 0.05) is 6.54 Å². The van der Waals surface area contributed by atoms with Gasteiger partial charge in [0.2, 0.25) is 0 Å². The molecule has 0 spiro atoms. The first-order valence-corrected chi connectivity index (χ1v) is 5.45. The van der Waals surface area contributed by atoms with Gasteiger partial charge in [-0.05, 0) is 25.2 Å². The van der Waals surface area contributed by atoms with Crippen LogP contribution in [0.2, 0.25) is 0 Å². The standard InChI is InChI=1S/C11H16N2O2/c1-3-8-10(11(14)15)9-6-7(2)4-5-13(9)12-8/h7H,3-6H2,1-2H3,(H,14,15)/t7-/m0/s1. The largest absolute Gasteiger partial charge is 0.478 e. The third kappa shape index (κ3) is 1.64. The Morgan fingerprint density at radius 2 is 2.40 bits per heavy atom. The maximum atomic E-state index is 11.2. The molecule has 0 aliphatic carbocycles. The molecular formula is C11H16N2O2. The summed E-state index contributed by atoms with van der Waals surface area (Å²) in [7, 11) is 0. The van der Waals surface area contributed by atoms with E-state index in [0.717, 1.165) is 30.8 Å². The molecular weight excluding hydrogens is 192 g/mol. The molecule has 0 bridgehead atoms. The Labute approximate surface area is 88.9 Å². The summed E-state index contributed by atoms with van der Waals surface area (Å²) in [5.74, 6) is -0.265. The quantitative estimate of drug-likeness (QED) is 0.805. The minimum absolute atomic E-state index is 0.448. The monoisotopic (exact) mass is 208 g/mol. The summed E-state index contributed by atoms with van der Waals surface area (Å²) < 4.78 is 1.88. The lowest BCUT2D eigenvalue weighted by Crippen LogP contribution is -2.19. The smallest absolute Gasteiger partial charge is 0.339 e. The van der Waals surface area contributed by atoms with Crippen LogP contribution in [0.1, 0.15) is 42.0 Å². The van der Waals surface area contributed by atoms with Crippen LogP contribution in [-0.2, 0) is 19.4 Å². The van der Waals surface area contributed by atoms with Crippen molar-refractivity contribution in [3.8, 4) is 0 Å². The highest BCUT2D eigenvalue weighted by Gasteiger charge is 2.26. The van der Waals surface area contributed by atoms with Crippen LogP contribution in [0.4, 0.5) is 0 Å². The zero-order valence-corrected chi connectivity index (χ0v) is 9.16. The third-order valence-electron chi connectivity index (χ3n) is 3.05. The van der Waals surface area contributed by atoms with E-state index in [-0.39, 0.29) is 0 Å². The van der Waals surface area contributed by atoms with Gasteiger partial charge in [-0.1, -0.05) is 13.8 Å². The molecule has 1 aromatic heterocycles. The molecule has 2 rings (SSSR count). The second kappa shape index (κ2) is 3.68. The molecule has 0 saturated carbocycles. The Kier molecular flexibility index (Phi) is 2.50. The number of rotatable bonds is 2. The van der Waals surface area contributed by atoms with Gasteiger partial charge in [0.25, 0.3) is 0 Å². The Hall–Kier alpha value is -1.32. The van der Waals surface area contributed by atoms with Crippen LogP contribution < -0.4 is 0 Å². The fraction of sp³-hybridized carbons (Fsp3) is 0.636. The van der Waals surface area contributed by atoms with Gasteiger partial charge in [0.05, 0.1) is 11.4 Å². The van der Waals surface area contributed by atoms with Crippen LogP contribution in [0.25, 0.3) is 0 Å². The highest BCUT2D eigenvalue weighted by Crippen LogP contribution is 2.25. The van der Waals surface area contributed by atoms with E-state index < -0.39 is 5.97 Å². The van der Waals surface area contributed by atoms with E-state index in [4.69, 9.17) is 0 Å². The number of nitrogens with zero attached hydrogens (tertiary/aromatic N) is 2. The SMILES string of the molecule is CCc1nn2c(c1C(=O)O)C[C@@H](C)CC2. The Morgan fingerprint density at radius 3 is 3.00 bits per heavy atom. The lowest BCUT2D eigenvalue weighted by atomic mass is 9.95. The molecule has 4 heteroatoms. The second-order valence-corrected chi connectivity index (χ2v) is 4.25. The van der Waals surface area contributed by atoms with E-state index in [9.17, 15) is 9.90 Å². The van der Waals surface area contributed by atoms with Crippen molar-refractivity contribution >= 4 is 5.97 Å². The second-order valence-electron chi connectivity index (χ2n) is 4.25. The molecule has 0 fully saturated rings. The third-order valence-corrected chi connectivity index (χ3v) is 3.05. The Balaban J connectivity index is 2.50. The highest BCUT2D eigenvalue weighted by molar-refractivity contribution is 5.90. The highest BCUT2D eigenvalue weighted by atomic mass is 16.4. The fourth-order valence-corrected chi connectivity index (χ4v) is 2.21. The maximum Gasteiger partial charge on any atom is 0.339 e. The fourth-order valence-electron chi connectivity index (χ4n) is 2.21. The van der Waals surface area contributed by atoms with Gasteiger partial charge in [0.1, 0.15) is 5.56 Å². The normalized spacial score (nSPS) is 20.0. The lowest BCUT2D eigenvalue weighted by Gasteiger charge is -2.19. The topological polar surface area (TPSA) is 55.1 Å². The summed E-state index contributed by atoms with van der Waals surface area (Å²) in [5.41, 5.74) is 2.09. The molecule has 15 heavy (non-hydrogen) atoms. The first-order valence-electron chi connectivity index (χ1n) is 5.45. The summed E-state index contributed by atoms with van der Waals surface area (Å²) in [6.07, 6.45) is 2.63. The van der Waals surface area contributed by atoms with Crippen molar-refractivity contribution in [1.82, 2.24) is 9.78 Å². The summed E-state index contributed by atoms with van der Waals surface area (Å²) in [6, 6.07) is 0. The first-order chi connectivity index (χ1) is 7.13. The molecule has 1 N–H and O–H groups in total. The number of hydrogen-bond acceptors (Lipinski definition) is 2. The van der Waals surface area contributed by atoms with Crippen LogP contribution in [0.5, 0.6) is 0 Å². The lowest BCUT2D eigenvalue weighted by molar-refractivity contribution is 0.0693. The van der Waals surface area contributed by atoms with E-state index in [0.29, 0.717) is 17.9 Å². The van der Waals surface area contributed by atoms with E-state index >= 15 is 0 Å². The predicted octanol–water partition coefficient (Wildman–Crippen LogP) is 1.73. The average Bonchev–Trinajstić information content (AvgIpc) is 2.55. The summed E-state index contributed by atoms with van der Waals surface area (Å²) in [6.45, 7) is 4.97. The van der Waals surface area contributed by atoms with Crippen LogP contribution in [0.3, 0.4) is 0 Å². The molecule has 0 radical (unpaired) electrons. The van der Waals surface area contributed by atoms with Gasteiger partial charge in [0.15, 0.2) is 0 Å². The minimum atomic E-state index is -0.831. The van der Waals surface area contributed by atoms with Crippen molar-refractivity contribution in [2.24, 2.45) is 5.92 Å². The number of aromatic nitrogens is 2. The Bertz CT molecular complexity index is 396. The van der Waals surface area contributed by atoms with Gasteiger partial charge in [-0.2, -0.15) is 5.10 Å². The number of carbonyl (C=O) groups is 1.